The second-order valence-electron chi connectivity index (χ2n) is 6.75. The van der Waals surface area contributed by atoms with Gasteiger partial charge in [-0.25, -0.2) is 4.79 Å². The molecule has 180 valence electrons. The van der Waals surface area contributed by atoms with Crippen molar-refractivity contribution >= 4 is 34.6 Å². The standard InChI is InChI=1S/C19H15N7O9/c1-3-35-19(28)17-11(2)23(21-20-17)22(18(27)12-5-4-6-13(9-12)24(29)30)15-8-7-14(25(31)32)10-16(15)26(33)34/h4-10H,3H2,1-2H3. The minimum atomic E-state index is -1.03. The van der Waals surface area contributed by atoms with Crippen LogP contribution >= 0.6 is 0 Å². The monoisotopic (exact) mass is 485 g/mol. The van der Waals surface area contributed by atoms with E-state index in [1.54, 1.807) is 6.92 Å². The van der Waals surface area contributed by atoms with E-state index >= 15 is 0 Å². The molecule has 16 nitrogen and oxygen atoms in total. The summed E-state index contributed by atoms with van der Waals surface area (Å²) in [6.45, 7) is 2.89. The van der Waals surface area contributed by atoms with Crippen LogP contribution in [-0.2, 0) is 4.74 Å². The van der Waals surface area contributed by atoms with Crippen molar-refractivity contribution in [3.8, 4) is 0 Å². The predicted octanol–water partition coefficient (Wildman–Crippen LogP) is 2.60. The second-order valence-corrected chi connectivity index (χ2v) is 6.75. The highest BCUT2D eigenvalue weighted by Crippen LogP contribution is 2.34. The summed E-state index contributed by atoms with van der Waals surface area (Å²) in [6.07, 6.45) is 0. The third-order valence-electron chi connectivity index (χ3n) is 4.62. The maximum atomic E-state index is 13.5. The molecule has 0 N–H and O–H groups in total. The molecule has 0 aliphatic carbocycles. The van der Waals surface area contributed by atoms with Crippen LogP contribution < -0.4 is 5.01 Å². The van der Waals surface area contributed by atoms with Gasteiger partial charge in [0.05, 0.1) is 33.1 Å². The number of aromatic nitrogens is 3. The van der Waals surface area contributed by atoms with Gasteiger partial charge in [0.25, 0.3) is 17.3 Å². The Labute approximate surface area is 194 Å². The largest absolute Gasteiger partial charge is 0.461 e. The molecule has 3 rings (SSSR count). The number of anilines is 1. The van der Waals surface area contributed by atoms with Crippen LogP contribution in [0.25, 0.3) is 0 Å². The molecule has 0 fully saturated rings. The van der Waals surface area contributed by atoms with E-state index in [4.69, 9.17) is 4.74 Å². The number of non-ortho nitro benzene ring substituents is 2. The third kappa shape index (κ3) is 4.75. The van der Waals surface area contributed by atoms with Crippen molar-refractivity contribution in [3.05, 3.63) is 89.8 Å². The van der Waals surface area contributed by atoms with Gasteiger partial charge in [-0.15, -0.1) is 9.89 Å². The lowest BCUT2D eigenvalue weighted by molar-refractivity contribution is -0.393. The normalized spacial score (nSPS) is 10.5. The third-order valence-corrected chi connectivity index (χ3v) is 4.62. The first-order valence-corrected chi connectivity index (χ1v) is 9.68. The van der Waals surface area contributed by atoms with Crippen molar-refractivity contribution in [2.75, 3.05) is 11.6 Å². The summed E-state index contributed by atoms with van der Waals surface area (Å²) in [6, 6.07) is 7.02. The molecule has 0 unspecified atom stereocenters. The Balaban J connectivity index is 2.27. The Hall–Kier alpha value is -5.28. The summed E-state index contributed by atoms with van der Waals surface area (Å²) in [5.41, 5.74) is -2.99. The molecule has 2 aromatic carbocycles. The maximum Gasteiger partial charge on any atom is 0.360 e. The zero-order valence-corrected chi connectivity index (χ0v) is 18.1. The fourth-order valence-electron chi connectivity index (χ4n) is 3.02. The molecule has 0 saturated heterocycles. The van der Waals surface area contributed by atoms with Crippen LogP contribution in [-0.4, -0.2) is 48.4 Å². The van der Waals surface area contributed by atoms with Gasteiger partial charge in [-0.1, -0.05) is 6.07 Å². The van der Waals surface area contributed by atoms with Crippen LogP contribution in [0.1, 0.15) is 33.5 Å². The van der Waals surface area contributed by atoms with E-state index in [1.807, 2.05) is 0 Å². The van der Waals surface area contributed by atoms with Gasteiger partial charge in [0.1, 0.15) is 5.69 Å². The van der Waals surface area contributed by atoms with Crippen molar-refractivity contribution in [1.29, 1.82) is 0 Å². The van der Waals surface area contributed by atoms with Crippen molar-refractivity contribution < 1.29 is 29.1 Å². The first-order chi connectivity index (χ1) is 16.6. The van der Waals surface area contributed by atoms with E-state index in [2.05, 4.69) is 10.3 Å². The van der Waals surface area contributed by atoms with Gasteiger partial charge in [0.15, 0.2) is 5.69 Å². The molecule has 0 spiro atoms. The van der Waals surface area contributed by atoms with Crippen molar-refractivity contribution in [2.24, 2.45) is 0 Å². The lowest BCUT2D eigenvalue weighted by Gasteiger charge is -2.22. The molecular weight excluding hydrogens is 470 g/mol. The van der Waals surface area contributed by atoms with E-state index in [9.17, 15) is 39.9 Å². The number of benzene rings is 2. The van der Waals surface area contributed by atoms with Crippen molar-refractivity contribution in [2.45, 2.75) is 13.8 Å². The molecule has 0 bridgehead atoms. The number of carbonyl (C=O) groups is 2. The molecule has 1 aromatic heterocycles. The molecule has 1 heterocycles. The number of ether oxygens (including phenoxy) is 1. The molecule has 16 heteroatoms. The lowest BCUT2D eigenvalue weighted by atomic mass is 10.1. The van der Waals surface area contributed by atoms with Crippen molar-refractivity contribution in [3.63, 3.8) is 0 Å². The Morgan fingerprint density at radius 3 is 2.26 bits per heavy atom. The summed E-state index contributed by atoms with van der Waals surface area (Å²) in [5, 5.41) is 42.1. The number of hydrogen-bond donors (Lipinski definition) is 0. The molecule has 1 amide bonds. The number of amides is 1. The Morgan fingerprint density at radius 2 is 1.66 bits per heavy atom. The van der Waals surface area contributed by atoms with Gasteiger partial charge in [0.2, 0.25) is 0 Å². The summed E-state index contributed by atoms with van der Waals surface area (Å²) >= 11 is 0. The second kappa shape index (κ2) is 9.69. The molecule has 0 atom stereocenters. The van der Waals surface area contributed by atoms with Crippen LogP contribution in [0, 0.1) is 37.3 Å². The first kappa shape index (κ1) is 24.4. The highest BCUT2D eigenvalue weighted by molar-refractivity contribution is 6.07. The molecule has 0 aliphatic rings. The van der Waals surface area contributed by atoms with E-state index < -0.39 is 49.4 Å². The Kier molecular flexibility index (Phi) is 6.75. The minimum Gasteiger partial charge on any atom is -0.461 e. The number of hydrogen-bond acceptors (Lipinski definition) is 11. The predicted molar refractivity (Wildman–Crippen MR) is 116 cm³/mol. The summed E-state index contributed by atoms with van der Waals surface area (Å²) < 4.78 is 4.88. The van der Waals surface area contributed by atoms with Gasteiger partial charge < -0.3 is 4.74 Å². The van der Waals surface area contributed by atoms with Crippen molar-refractivity contribution in [1.82, 2.24) is 15.1 Å². The van der Waals surface area contributed by atoms with E-state index in [1.165, 1.54) is 19.1 Å². The molecule has 35 heavy (non-hydrogen) atoms. The number of nitro benzene ring substituents is 3. The Bertz CT molecular complexity index is 1370. The Morgan fingerprint density at radius 1 is 1.00 bits per heavy atom. The van der Waals surface area contributed by atoms with Gasteiger partial charge in [-0.2, -0.15) is 5.01 Å². The highest BCUT2D eigenvalue weighted by Gasteiger charge is 2.33. The van der Waals surface area contributed by atoms with E-state index in [0.29, 0.717) is 11.1 Å². The lowest BCUT2D eigenvalue weighted by Crippen LogP contribution is -2.38. The first-order valence-electron chi connectivity index (χ1n) is 9.68. The van der Waals surface area contributed by atoms with Gasteiger partial charge in [0, 0.05) is 23.8 Å². The topological polar surface area (TPSA) is 207 Å². The van der Waals surface area contributed by atoms with E-state index in [0.717, 1.165) is 29.1 Å². The smallest absolute Gasteiger partial charge is 0.360 e. The fourth-order valence-corrected chi connectivity index (χ4v) is 3.02. The number of rotatable bonds is 8. The molecule has 3 aromatic rings. The summed E-state index contributed by atoms with van der Waals surface area (Å²) in [7, 11) is 0. The molecular formula is C19H15N7O9. The zero-order chi connectivity index (χ0) is 25.9. The SMILES string of the molecule is CCOC(=O)c1nnn(N(C(=O)c2cccc([N+](=O)[O-])c2)c2ccc([N+](=O)[O-])cc2[N+](=O)[O-])c1C. The number of carbonyl (C=O) groups excluding carboxylic acids is 2. The van der Waals surface area contributed by atoms with Gasteiger partial charge in [-0.3, -0.25) is 35.1 Å². The average Bonchev–Trinajstić information content (AvgIpc) is 3.20. The quantitative estimate of drug-likeness (QED) is 0.257. The van der Waals surface area contributed by atoms with E-state index in [-0.39, 0.29) is 23.6 Å². The maximum absolute atomic E-state index is 13.5. The highest BCUT2D eigenvalue weighted by atomic mass is 16.6. The molecule has 0 aliphatic heterocycles. The number of nitrogens with zero attached hydrogens (tertiary/aromatic N) is 7. The fraction of sp³-hybridized carbons (Fsp3) is 0.158. The van der Waals surface area contributed by atoms with Gasteiger partial charge >= 0.3 is 11.7 Å². The zero-order valence-electron chi connectivity index (χ0n) is 18.1. The van der Waals surface area contributed by atoms with Gasteiger partial charge in [-0.05, 0) is 31.2 Å². The van der Waals surface area contributed by atoms with Crippen LogP contribution in [0.3, 0.4) is 0 Å². The van der Waals surface area contributed by atoms with Crippen LogP contribution in [0.5, 0.6) is 0 Å². The number of esters is 1. The van der Waals surface area contributed by atoms with Crippen LogP contribution in [0.2, 0.25) is 0 Å². The number of nitro groups is 3. The average molecular weight is 485 g/mol. The molecule has 0 saturated carbocycles. The summed E-state index contributed by atoms with van der Waals surface area (Å²) in [4.78, 5) is 58.0. The minimum absolute atomic E-state index is 0.00921. The summed E-state index contributed by atoms with van der Waals surface area (Å²) in [5.74, 6) is -1.91. The van der Waals surface area contributed by atoms with Crippen LogP contribution in [0.15, 0.2) is 42.5 Å². The van der Waals surface area contributed by atoms with Crippen LogP contribution in [0.4, 0.5) is 22.7 Å². The molecule has 0 radical (unpaired) electrons.